The molecule has 7 heteroatoms. The van der Waals surface area contributed by atoms with E-state index < -0.39 is 15.8 Å². The van der Waals surface area contributed by atoms with Gasteiger partial charge < -0.3 is 5.73 Å². The topological polar surface area (TPSA) is 72.2 Å². The molecule has 0 amide bonds. The Morgan fingerprint density at radius 2 is 1.84 bits per heavy atom. The molecule has 0 spiro atoms. The van der Waals surface area contributed by atoms with Gasteiger partial charge in [-0.1, -0.05) is 23.7 Å². The van der Waals surface area contributed by atoms with E-state index in [2.05, 4.69) is 4.72 Å². The average Bonchev–Trinajstić information content (AvgIpc) is 2.34. The Morgan fingerprint density at radius 1 is 1.16 bits per heavy atom. The summed E-state index contributed by atoms with van der Waals surface area (Å²) in [5, 5.41) is 0.102. The van der Waals surface area contributed by atoms with Crippen molar-refractivity contribution in [2.24, 2.45) is 0 Å². The molecular weight excluding hydrogens is 291 g/mol. The van der Waals surface area contributed by atoms with Gasteiger partial charge in [0.2, 0.25) is 0 Å². The molecule has 0 heterocycles. The second-order valence-corrected chi connectivity index (χ2v) is 5.83. The summed E-state index contributed by atoms with van der Waals surface area (Å²) in [6.45, 7) is 0. The average molecular weight is 301 g/mol. The number of nitrogens with two attached hydrogens (primary N) is 1. The smallest absolute Gasteiger partial charge is 0.263 e. The van der Waals surface area contributed by atoms with Gasteiger partial charge in [-0.05, 0) is 30.3 Å². The van der Waals surface area contributed by atoms with E-state index in [0.29, 0.717) is 0 Å². The number of benzene rings is 2. The third kappa shape index (κ3) is 2.97. The maximum Gasteiger partial charge on any atom is 0.263 e. The lowest BCUT2D eigenvalue weighted by atomic mass is 10.3. The van der Waals surface area contributed by atoms with Crippen LogP contribution < -0.4 is 10.5 Å². The number of halogens is 2. The fourth-order valence-electron chi connectivity index (χ4n) is 1.48. The highest BCUT2D eigenvalue weighted by Crippen LogP contribution is 2.24. The molecule has 100 valence electrons. The van der Waals surface area contributed by atoms with E-state index in [1.54, 1.807) is 12.1 Å². The second kappa shape index (κ2) is 5.07. The van der Waals surface area contributed by atoms with Crippen molar-refractivity contribution in [2.45, 2.75) is 4.90 Å². The van der Waals surface area contributed by atoms with Crippen molar-refractivity contribution in [1.29, 1.82) is 0 Å². The molecule has 3 N–H and O–H groups in total. The molecule has 0 fully saturated rings. The minimum absolute atomic E-state index is 0.0560. The van der Waals surface area contributed by atoms with E-state index in [-0.39, 0.29) is 21.3 Å². The number of hydrogen-bond donors (Lipinski definition) is 2. The molecule has 0 bridgehead atoms. The fourth-order valence-corrected chi connectivity index (χ4v) is 3.05. The maximum absolute atomic E-state index is 13.0. The van der Waals surface area contributed by atoms with Gasteiger partial charge in [-0.2, -0.15) is 0 Å². The molecule has 0 radical (unpaired) electrons. The van der Waals surface area contributed by atoms with Crippen LogP contribution in [0.25, 0.3) is 0 Å². The Bertz CT molecular complexity index is 719. The molecule has 2 aromatic carbocycles. The Morgan fingerprint density at radius 3 is 2.47 bits per heavy atom. The van der Waals surface area contributed by atoms with Crippen molar-refractivity contribution in [2.75, 3.05) is 10.5 Å². The van der Waals surface area contributed by atoms with Crippen LogP contribution in [0.15, 0.2) is 47.4 Å². The van der Waals surface area contributed by atoms with Crippen LogP contribution in [-0.2, 0) is 10.0 Å². The normalized spacial score (nSPS) is 11.3. The van der Waals surface area contributed by atoms with Crippen molar-refractivity contribution in [3.8, 4) is 0 Å². The minimum Gasteiger partial charge on any atom is -0.396 e. The third-order valence-corrected chi connectivity index (χ3v) is 4.26. The standard InChI is InChI=1S/C12H10ClFN2O2S/c13-9-3-1-2-4-12(9)19(17,18)16-8-5-6-10(14)11(15)7-8/h1-7,16H,15H2. The zero-order chi connectivity index (χ0) is 14.0. The highest BCUT2D eigenvalue weighted by molar-refractivity contribution is 7.92. The molecule has 0 aliphatic heterocycles. The SMILES string of the molecule is Nc1cc(NS(=O)(=O)c2ccccc2Cl)ccc1F. The van der Waals surface area contributed by atoms with Crippen LogP contribution in [0.1, 0.15) is 0 Å². The monoisotopic (exact) mass is 300 g/mol. The van der Waals surface area contributed by atoms with E-state index in [9.17, 15) is 12.8 Å². The molecule has 4 nitrogen and oxygen atoms in total. The predicted molar refractivity (Wildman–Crippen MR) is 73.1 cm³/mol. The highest BCUT2D eigenvalue weighted by Gasteiger charge is 2.17. The molecule has 0 unspecified atom stereocenters. The van der Waals surface area contributed by atoms with E-state index in [4.69, 9.17) is 17.3 Å². The Balaban J connectivity index is 2.37. The highest BCUT2D eigenvalue weighted by atomic mass is 35.5. The zero-order valence-corrected chi connectivity index (χ0v) is 11.2. The largest absolute Gasteiger partial charge is 0.396 e. The number of anilines is 2. The van der Waals surface area contributed by atoms with Crippen LogP contribution in [-0.4, -0.2) is 8.42 Å². The van der Waals surface area contributed by atoms with Crippen LogP contribution in [0, 0.1) is 5.82 Å². The van der Waals surface area contributed by atoms with Gasteiger partial charge in [0.05, 0.1) is 16.4 Å². The minimum atomic E-state index is -3.83. The summed E-state index contributed by atoms with van der Waals surface area (Å²) < 4.78 is 39.5. The second-order valence-electron chi connectivity index (χ2n) is 3.77. The Kier molecular flexibility index (Phi) is 3.64. The van der Waals surface area contributed by atoms with E-state index in [1.807, 2.05) is 0 Å². The Labute approximate surface area is 115 Å². The van der Waals surface area contributed by atoms with Gasteiger partial charge in [-0.15, -0.1) is 0 Å². The molecule has 0 saturated carbocycles. The summed E-state index contributed by atoms with van der Waals surface area (Å²) in [7, 11) is -3.83. The first-order valence-electron chi connectivity index (χ1n) is 5.22. The Hall–Kier alpha value is -1.79. The van der Waals surface area contributed by atoms with Crippen LogP contribution in [0.2, 0.25) is 5.02 Å². The first-order valence-corrected chi connectivity index (χ1v) is 7.08. The van der Waals surface area contributed by atoms with Gasteiger partial charge in [-0.3, -0.25) is 4.72 Å². The summed E-state index contributed by atoms with van der Waals surface area (Å²) in [5.41, 5.74) is 5.40. The molecule has 2 rings (SSSR count). The maximum atomic E-state index is 13.0. The van der Waals surface area contributed by atoms with Crippen LogP contribution in [0.4, 0.5) is 15.8 Å². The van der Waals surface area contributed by atoms with E-state index >= 15 is 0 Å². The van der Waals surface area contributed by atoms with E-state index in [0.717, 1.165) is 6.07 Å². The van der Waals surface area contributed by atoms with Gasteiger partial charge in [0.15, 0.2) is 0 Å². The number of nitrogens with one attached hydrogen (secondary N) is 1. The van der Waals surface area contributed by atoms with Gasteiger partial charge in [-0.25, -0.2) is 12.8 Å². The lowest BCUT2D eigenvalue weighted by Gasteiger charge is -2.10. The number of sulfonamides is 1. The molecule has 19 heavy (non-hydrogen) atoms. The first kappa shape index (κ1) is 13.6. The molecular formula is C12H10ClFN2O2S. The van der Waals surface area contributed by atoms with Crippen molar-refractivity contribution in [3.63, 3.8) is 0 Å². The summed E-state index contributed by atoms with van der Waals surface area (Å²) in [5.74, 6) is -0.610. The lowest BCUT2D eigenvalue weighted by molar-refractivity contribution is 0.601. The molecule has 0 atom stereocenters. The molecule has 0 aliphatic rings. The van der Waals surface area contributed by atoms with Crippen LogP contribution in [0.5, 0.6) is 0 Å². The van der Waals surface area contributed by atoms with Gasteiger partial charge in [0, 0.05) is 0 Å². The molecule has 2 aromatic rings. The summed E-state index contributed by atoms with van der Waals surface area (Å²) in [6.07, 6.45) is 0. The first-order chi connectivity index (χ1) is 8.90. The molecule has 0 aromatic heterocycles. The number of nitrogen functional groups attached to an aromatic ring is 1. The van der Waals surface area contributed by atoms with Crippen molar-refractivity contribution in [1.82, 2.24) is 0 Å². The quantitative estimate of drug-likeness (QED) is 0.856. The third-order valence-electron chi connectivity index (χ3n) is 2.37. The van der Waals surface area contributed by atoms with Gasteiger partial charge in [0.25, 0.3) is 10.0 Å². The number of rotatable bonds is 3. The summed E-state index contributed by atoms with van der Waals surface area (Å²) >= 11 is 5.83. The summed E-state index contributed by atoms with van der Waals surface area (Å²) in [4.78, 5) is -0.0560. The van der Waals surface area contributed by atoms with Crippen LogP contribution in [0.3, 0.4) is 0 Å². The lowest BCUT2D eigenvalue weighted by Crippen LogP contribution is -2.13. The van der Waals surface area contributed by atoms with E-state index in [1.165, 1.54) is 24.3 Å². The zero-order valence-electron chi connectivity index (χ0n) is 9.60. The molecule has 0 saturated heterocycles. The van der Waals surface area contributed by atoms with Crippen LogP contribution >= 0.6 is 11.6 Å². The van der Waals surface area contributed by atoms with Crippen molar-refractivity contribution in [3.05, 3.63) is 53.3 Å². The van der Waals surface area contributed by atoms with Gasteiger partial charge >= 0.3 is 0 Å². The predicted octanol–water partition coefficient (Wildman–Crippen LogP) is 2.86. The summed E-state index contributed by atoms with van der Waals surface area (Å²) in [6, 6.07) is 9.58. The van der Waals surface area contributed by atoms with Crippen molar-refractivity contribution < 1.29 is 12.8 Å². The number of hydrogen-bond acceptors (Lipinski definition) is 3. The fraction of sp³-hybridized carbons (Fsp3) is 0. The van der Waals surface area contributed by atoms with Crippen molar-refractivity contribution >= 4 is 33.0 Å². The van der Waals surface area contributed by atoms with Gasteiger partial charge in [0.1, 0.15) is 10.7 Å². The molecule has 0 aliphatic carbocycles.